The van der Waals surface area contributed by atoms with Gasteiger partial charge in [-0.1, -0.05) is 6.07 Å². The summed E-state index contributed by atoms with van der Waals surface area (Å²) in [5.74, 6) is -1.38. The standard InChI is InChI=1S/C24H28F2N6O2/c1-14-13-27-8-11-32(14)23-16-12-18(26)21(20-17(25)4-3-5-19(20)33)28-22(16)29-24(30-23)34-15-6-9-31(2)10-7-15/h3-5,12,14-15,27,33H,6-11,13H2,1-2H3/t14-/m1/s1. The van der Waals surface area contributed by atoms with E-state index in [1.807, 2.05) is 0 Å². The number of benzene rings is 1. The third kappa shape index (κ3) is 4.35. The van der Waals surface area contributed by atoms with Crippen molar-refractivity contribution in [3.8, 4) is 23.0 Å². The third-order valence-electron chi connectivity index (χ3n) is 6.54. The molecule has 0 spiro atoms. The second-order valence-corrected chi connectivity index (χ2v) is 9.02. The fourth-order valence-corrected chi connectivity index (χ4v) is 4.60. The number of fused-ring (bicyclic) bond motifs is 1. The van der Waals surface area contributed by atoms with Crippen molar-refractivity contribution in [1.82, 2.24) is 25.2 Å². The van der Waals surface area contributed by atoms with E-state index < -0.39 is 17.4 Å². The lowest BCUT2D eigenvalue weighted by Gasteiger charge is -2.35. The summed E-state index contributed by atoms with van der Waals surface area (Å²) in [5, 5.41) is 14.0. The van der Waals surface area contributed by atoms with Gasteiger partial charge in [0.05, 0.1) is 10.9 Å². The number of rotatable bonds is 4. The highest BCUT2D eigenvalue weighted by atomic mass is 19.1. The van der Waals surface area contributed by atoms with Crippen molar-refractivity contribution >= 4 is 16.9 Å². The number of aromatic nitrogens is 3. The molecule has 0 unspecified atom stereocenters. The molecular formula is C24H28F2N6O2. The molecule has 2 aromatic heterocycles. The Morgan fingerprint density at radius 3 is 2.62 bits per heavy atom. The molecule has 0 aliphatic carbocycles. The van der Waals surface area contributed by atoms with Gasteiger partial charge in [0.15, 0.2) is 11.5 Å². The van der Waals surface area contributed by atoms with Gasteiger partial charge in [-0.3, -0.25) is 0 Å². The molecule has 180 valence electrons. The highest BCUT2D eigenvalue weighted by molar-refractivity contribution is 5.90. The number of hydrogen-bond acceptors (Lipinski definition) is 8. The van der Waals surface area contributed by atoms with Gasteiger partial charge in [0.2, 0.25) is 0 Å². The molecular weight excluding hydrogens is 442 g/mol. The minimum atomic E-state index is -0.765. The van der Waals surface area contributed by atoms with E-state index in [4.69, 9.17) is 4.74 Å². The number of ether oxygens (including phenoxy) is 1. The van der Waals surface area contributed by atoms with Crippen molar-refractivity contribution in [2.75, 3.05) is 44.7 Å². The van der Waals surface area contributed by atoms with Crippen LogP contribution in [-0.2, 0) is 0 Å². The monoisotopic (exact) mass is 470 g/mol. The second-order valence-electron chi connectivity index (χ2n) is 9.02. The van der Waals surface area contributed by atoms with Crippen molar-refractivity contribution in [3.63, 3.8) is 0 Å². The van der Waals surface area contributed by atoms with Crippen LogP contribution >= 0.6 is 0 Å². The number of likely N-dealkylation sites (tertiary alicyclic amines) is 1. The van der Waals surface area contributed by atoms with Crippen LogP contribution in [0.1, 0.15) is 19.8 Å². The van der Waals surface area contributed by atoms with Gasteiger partial charge in [-0.15, -0.1) is 0 Å². The van der Waals surface area contributed by atoms with E-state index in [2.05, 4.69) is 44.0 Å². The number of phenols is 1. The molecule has 0 amide bonds. The first-order chi connectivity index (χ1) is 16.4. The minimum absolute atomic E-state index is 0.0301. The van der Waals surface area contributed by atoms with Gasteiger partial charge in [0.25, 0.3) is 0 Å². The number of anilines is 1. The summed E-state index contributed by atoms with van der Waals surface area (Å²) >= 11 is 0. The summed E-state index contributed by atoms with van der Waals surface area (Å²) in [4.78, 5) is 17.9. The largest absolute Gasteiger partial charge is 0.507 e. The number of piperazine rings is 1. The maximum absolute atomic E-state index is 15.3. The van der Waals surface area contributed by atoms with Crippen LogP contribution in [0.15, 0.2) is 24.3 Å². The van der Waals surface area contributed by atoms with Crippen LogP contribution in [0.4, 0.5) is 14.6 Å². The highest BCUT2D eigenvalue weighted by Gasteiger charge is 2.27. The van der Waals surface area contributed by atoms with E-state index in [0.29, 0.717) is 17.7 Å². The van der Waals surface area contributed by atoms with E-state index in [1.165, 1.54) is 18.2 Å². The summed E-state index contributed by atoms with van der Waals surface area (Å²) in [6.45, 7) is 6.09. The van der Waals surface area contributed by atoms with Crippen LogP contribution in [0.25, 0.3) is 22.3 Å². The summed E-state index contributed by atoms with van der Waals surface area (Å²) < 4.78 is 35.9. The lowest BCUT2D eigenvalue weighted by molar-refractivity contribution is 0.105. The first kappa shape index (κ1) is 22.7. The second kappa shape index (κ2) is 9.27. The Morgan fingerprint density at radius 1 is 1.09 bits per heavy atom. The molecule has 2 fully saturated rings. The molecule has 1 atom stereocenters. The lowest BCUT2D eigenvalue weighted by atomic mass is 10.1. The Balaban J connectivity index is 1.63. The predicted octanol–water partition coefficient (Wildman–Crippen LogP) is 2.95. The van der Waals surface area contributed by atoms with Gasteiger partial charge in [-0.2, -0.15) is 9.97 Å². The zero-order valence-electron chi connectivity index (χ0n) is 19.3. The molecule has 0 bridgehead atoms. The van der Waals surface area contributed by atoms with E-state index in [-0.39, 0.29) is 35.1 Å². The van der Waals surface area contributed by atoms with Crippen LogP contribution in [0.5, 0.6) is 11.8 Å². The number of piperidine rings is 1. The number of aromatic hydroxyl groups is 1. The van der Waals surface area contributed by atoms with Crippen molar-refractivity contribution in [2.24, 2.45) is 0 Å². The first-order valence-corrected chi connectivity index (χ1v) is 11.6. The average molecular weight is 471 g/mol. The normalized spacial score (nSPS) is 20.1. The molecule has 10 heteroatoms. The summed E-state index contributed by atoms with van der Waals surface area (Å²) in [6, 6.07) is 5.36. The number of hydrogen-bond donors (Lipinski definition) is 2. The van der Waals surface area contributed by atoms with Crippen LogP contribution < -0.4 is 15.0 Å². The van der Waals surface area contributed by atoms with Gasteiger partial charge >= 0.3 is 6.01 Å². The number of nitrogens with one attached hydrogen (secondary N) is 1. The Bertz CT molecular complexity index is 1180. The van der Waals surface area contributed by atoms with Gasteiger partial charge in [-0.25, -0.2) is 13.8 Å². The van der Waals surface area contributed by atoms with Gasteiger partial charge in [-0.05, 0) is 45.0 Å². The zero-order valence-corrected chi connectivity index (χ0v) is 19.3. The highest BCUT2D eigenvalue weighted by Crippen LogP contribution is 2.36. The quantitative estimate of drug-likeness (QED) is 0.602. The average Bonchev–Trinajstić information content (AvgIpc) is 2.81. The maximum Gasteiger partial charge on any atom is 0.320 e. The molecule has 1 aromatic carbocycles. The van der Waals surface area contributed by atoms with Crippen LogP contribution in [0.3, 0.4) is 0 Å². The smallest absolute Gasteiger partial charge is 0.320 e. The molecule has 0 radical (unpaired) electrons. The van der Waals surface area contributed by atoms with E-state index in [9.17, 15) is 9.50 Å². The third-order valence-corrected chi connectivity index (χ3v) is 6.54. The maximum atomic E-state index is 15.3. The topological polar surface area (TPSA) is 86.6 Å². The number of halogens is 2. The molecule has 4 heterocycles. The van der Waals surface area contributed by atoms with Crippen LogP contribution in [0, 0.1) is 11.6 Å². The SMILES string of the molecule is C[C@@H]1CNCCN1c1nc(OC2CCN(C)CC2)nc2nc(-c3c(O)cccc3F)c(F)cc12. The molecule has 0 saturated carbocycles. The number of nitrogens with zero attached hydrogens (tertiary/aromatic N) is 5. The fourth-order valence-electron chi connectivity index (χ4n) is 4.60. The van der Waals surface area contributed by atoms with Crippen LogP contribution in [0.2, 0.25) is 0 Å². The van der Waals surface area contributed by atoms with E-state index in [1.54, 1.807) is 0 Å². The molecule has 34 heavy (non-hydrogen) atoms. The Labute approximate surface area is 196 Å². The van der Waals surface area contributed by atoms with E-state index >= 15 is 4.39 Å². The lowest BCUT2D eigenvalue weighted by Crippen LogP contribution is -2.50. The van der Waals surface area contributed by atoms with Crippen molar-refractivity contribution < 1.29 is 18.6 Å². The van der Waals surface area contributed by atoms with Gasteiger partial charge in [0, 0.05) is 38.8 Å². The van der Waals surface area contributed by atoms with Crippen molar-refractivity contribution in [2.45, 2.75) is 31.9 Å². The van der Waals surface area contributed by atoms with Crippen molar-refractivity contribution in [1.29, 1.82) is 0 Å². The fraction of sp³-hybridized carbons (Fsp3) is 0.458. The van der Waals surface area contributed by atoms with Crippen molar-refractivity contribution in [3.05, 3.63) is 35.9 Å². The Morgan fingerprint density at radius 2 is 1.88 bits per heavy atom. The molecule has 3 aromatic rings. The minimum Gasteiger partial charge on any atom is -0.507 e. The molecule has 5 rings (SSSR count). The first-order valence-electron chi connectivity index (χ1n) is 11.6. The van der Waals surface area contributed by atoms with E-state index in [0.717, 1.165) is 45.1 Å². The molecule has 2 saturated heterocycles. The Kier molecular flexibility index (Phi) is 6.18. The molecule has 2 aliphatic heterocycles. The zero-order chi connectivity index (χ0) is 23.8. The molecule has 2 aliphatic rings. The summed E-state index contributed by atoms with van der Waals surface area (Å²) in [6.07, 6.45) is 1.67. The Hall–Kier alpha value is -3.11. The van der Waals surface area contributed by atoms with Crippen LogP contribution in [-0.4, -0.2) is 76.9 Å². The number of pyridine rings is 1. The summed E-state index contributed by atoms with van der Waals surface area (Å²) in [5.41, 5.74) is -0.403. The molecule has 2 N–H and O–H groups in total. The van der Waals surface area contributed by atoms with Gasteiger partial charge in [0.1, 0.15) is 29.2 Å². The molecule has 8 nitrogen and oxygen atoms in total. The number of phenolic OH excluding ortho intramolecular Hbond substituents is 1. The van der Waals surface area contributed by atoms with Gasteiger partial charge < -0.3 is 25.0 Å². The predicted molar refractivity (Wildman–Crippen MR) is 125 cm³/mol. The summed E-state index contributed by atoms with van der Waals surface area (Å²) in [7, 11) is 2.07.